The second-order valence-electron chi connectivity index (χ2n) is 6.96. The summed E-state index contributed by atoms with van der Waals surface area (Å²) in [7, 11) is -1.52. The molecule has 0 aliphatic carbocycles. The number of rotatable bonds is 5. The Labute approximate surface area is 128 Å². The van der Waals surface area contributed by atoms with E-state index in [1.165, 1.54) is 0 Å². The van der Waals surface area contributed by atoms with Crippen molar-refractivity contribution in [1.29, 1.82) is 0 Å². The van der Waals surface area contributed by atoms with Crippen molar-refractivity contribution in [3.63, 3.8) is 0 Å². The summed E-state index contributed by atoms with van der Waals surface area (Å²) in [6, 6.07) is 0. The van der Waals surface area contributed by atoms with Gasteiger partial charge in [0.15, 0.2) is 4.77 Å². The third-order valence-corrected chi connectivity index (χ3v) is 4.59. The van der Waals surface area contributed by atoms with E-state index in [1.807, 2.05) is 7.05 Å². The monoisotopic (exact) mass is 331 g/mol. The van der Waals surface area contributed by atoms with Gasteiger partial charge in [0.1, 0.15) is 8.24 Å². The zero-order chi connectivity index (χ0) is 15.7. The summed E-state index contributed by atoms with van der Waals surface area (Å²) in [5.41, 5.74) is 0.760. The van der Waals surface area contributed by atoms with Gasteiger partial charge in [-0.1, -0.05) is 19.6 Å². The van der Waals surface area contributed by atoms with Crippen LogP contribution in [0.2, 0.25) is 39.3 Å². The quantitative estimate of drug-likeness (QED) is 0.644. The van der Waals surface area contributed by atoms with Crippen LogP contribution in [-0.4, -0.2) is 32.0 Å². The lowest BCUT2D eigenvalue weighted by Crippen LogP contribution is -2.46. The molecular weight excluding hydrogens is 306 g/mol. The number of hydrogen-bond donors (Lipinski definition) is 2. The zero-order valence-corrected chi connectivity index (χ0v) is 16.2. The molecule has 114 valence electrons. The highest BCUT2D eigenvalue weighted by Crippen LogP contribution is 2.22. The van der Waals surface area contributed by atoms with Crippen molar-refractivity contribution in [3.05, 3.63) is 10.5 Å². The van der Waals surface area contributed by atoms with Crippen molar-refractivity contribution < 1.29 is 9.22 Å². The maximum absolute atomic E-state index is 12.1. The maximum Gasteiger partial charge on any atom is 0.244 e. The standard InChI is InChI=1S/C12H25N3O2SSi2/c1-15-11(17-20(5,6)7)9(13-12(15)18)8-10(16)14-19(2,3)4/h8H2,1-7H3,(H,13,18)(H,14,16). The Hall–Kier alpha value is -0.866. The number of nitrogens with one attached hydrogen (secondary N) is 2. The van der Waals surface area contributed by atoms with E-state index in [9.17, 15) is 4.79 Å². The third-order valence-electron chi connectivity index (χ3n) is 2.38. The Morgan fingerprint density at radius 2 is 1.85 bits per heavy atom. The number of carbonyl (C=O) groups excluding carboxylic acids is 1. The SMILES string of the molecule is Cn1c(O[Si](C)(C)C)c(CC(=O)N[Si](C)(C)C)[nH]c1=S. The van der Waals surface area contributed by atoms with E-state index < -0.39 is 16.6 Å². The average Bonchev–Trinajstić information content (AvgIpc) is 2.41. The molecule has 1 aromatic heterocycles. The van der Waals surface area contributed by atoms with Crippen molar-refractivity contribution in [2.45, 2.75) is 45.7 Å². The number of aromatic nitrogens is 2. The minimum Gasteiger partial charge on any atom is -0.531 e. The van der Waals surface area contributed by atoms with Crippen molar-refractivity contribution in [1.82, 2.24) is 14.5 Å². The molecule has 1 heterocycles. The molecule has 0 saturated heterocycles. The normalized spacial score (nSPS) is 12.3. The molecule has 0 aliphatic rings. The first-order valence-corrected chi connectivity index (χ1v) is 14.0. The number of carbonyl (C=O) groups is 1. The number of imidazole rings is 1. The summed E-state index contributed by atoms with van der Waals surface area (Å²) in [6.45, 7) is 12.6. The Balaban J connectivity index is 2.99. The highest BCUT2D eigenvalue weighted by Gasteiger charge is 2.24. The van der Waals surface area contributed by atoms with Crippen LogP contribution in [0.1, 0.15) is 5.69 Å². The fraction of sp³-hybridized carbons (Fsp3) is 0.667. The summed E-state index contributed by atoms with van der Waals surface area (Å²) < 4.78 is 8.42. The molecule has 1 aromatic rings. The second kappa shape index (κ2) is 5.86. The summed E-state index contributed by atoms with van der Waals surface area (Å²) in [5, 5.41) is 0. The van der Waals surface area contributed by atoms with E-state index in [0.29, 0.717) is 10.7 Å². The van der Waals surface area contributed by atoms with Gasteiger partial charge in [-0.2, -0.15) is 0 Å². The van der Waals surface area contributed by atoms with E-state index >= 15 is 0 Å². The fourth-order valence-corrected chi connectivity index (χ4v) is 3.70. The molecule has 0 bridgehead atoms. The lowest BCUT2D eigenvalue weighted by atomic mass is 10.3. The number of amides is 1. The molecule has 0 radical (unpaired) electrons. The van der Waals surface area contributed by atoms with E-state index in [-0.39, 0.29) is 12.3 Å². The van der Waals surface area contributed by atoms with Crippen LogP contribution in [0.15, 0.2) is 0 Å². The van der Waals surface area contributed by atoms with Crippen molar-refractivity contribution in [3.8, 4) is 5.88 Å². The van der Waals surface area contributed by atoms with Crippen LogP contribution in [0.5, 0.6) is 5.88 Å². The van der Waals surface area contributed by atoms with E-state index in [4.69, 9.17) is 16.6 Å². The van der Waals surface area contributed by atoms with Crippen LogP contribution in [0.4, 0.5) is 0 Å². The molecule has 0 aromatic carbocycles. The van der Waals surface area contributed by atoms with Gasteiger partial charge in [0.2, 0.25) is 20.1 Å². The van der Waals surface area contributed by atoms with Crippen LogP contribution in [0.25, 0.3) is 0 Å². The van der Waals surface area contributed by atoms with Crippen LogP contribution >= 0.6 is 12.2 Å². The topological polar surface area (TPSA) is 59.0 Å². The largest absolute Gasteiger partial charge is 0.531 e. The summed E-state index contributed by atoms with van der Waals surface area (Å²) in [4.78, 5) is 18.2. The van der Waals surface area contributed by atoms with Crippen LogP contribution < -0.4 is 9.41 Å². The van der Waals surface area contributed by atoms with Gasteiger partial charge >= 0.3 is 0 Å². The molecule has 0 unspecified atom stereocenters. The molecule has 1 rings (SSSR count). The van der Waals surface area contributed by atoms with Crippen molar-refractivity contribution in [2.75, 3.05) is 0 Å². The van der Waals surface area contributed by atoms with E-state index in [1.54, 1.807) is 4.57 Å². The van der Waals surface area contributed by atoms with Gasteiger partial charge in [0.05, 0.1) is 12.1 Å². The van der Waals surface area contributed by atoms with Crippen LogP contribution in [0, 0.1) is 4.77 Å². The maximum atomic E-state index is 12.1. The molecular formula is C12H25N3O2SSi2. The summed E-state index contributed by atoms with van der Waals surface area (Å²) in [6.07, 6.45) is 0.272. The second-order valence-corrected chi connectivity index (χ2v) is 16.5. The first kappa shape index (κ1) is 17.2. The number of H-pyrrole nitrogens is 1. The van der Waals surface area contributed by atoms with Gasteiger partial charge in [-0.25, -0.2) is 0 Å². The average molecular weight is 332 g/mol. The lowest BCUT2D eigenvalue weighted by Gasteiger charge is -2.21. The van der Waals surface area contributed by atoms with Gasteiger partial charge in [0, 0.05) is 7.05 Å². The molecule has 0 spiro atoms. The Bertz CT molecular complexity index is 553. The molecule has 0 fully saturated rings. The minimum absolute atomic E-state index is 0.0152. The van der Waals surface area contributed by atoms with Gasteiger partial charge in [0.25, 0.3) is 0 Å². The molecule has 8 heteroatoms. The van der Waals surface area contributed by atoms with Crippen molar-refractivity contribution >= 4 is 34.7 Å². The molecule has 0 atom stereocenters. The molecule has 20 heavy (non-hydrogen) atoms. The smallest absolute Gasteiger partial charge is 0.244 e. The predicted octanol–water partition coefficient (Wildman–Crippen LogP) is 2.79. The summed E-state index contributed by atoms with van der Waals surface area (Å²) >= 11 is 5.23. The first-order chi connectivity index (χ1) is 8.89. The molecule has 5 nitrogen and oxygen atoms in total. The number of nitrogens with zero attached hydrogens (tertiary/aromatic N) is 1. The first-order valence-electron chi connectivity index (χ1n) is 6.67. The van der Waals surface area contributed by atoms with Gasteiger partial charge < -0.3 is 14.4 Å². The van der Waals surface area contributed by atoms with Crippen LogP contribution in [0.3, 0.4) is 0 Å². The van der Waals surface area contributed by atoms with Gasteiger partial charge in [-0.15, -0.1) is 0 Å². The molecule has 0 aliphatic heterocycles. The minimum atomic E-state index is -1.76. The Morgan fingerprint density at radius 3 is 2.30 bits per heavy atom. The van der Waals surface area contributed by atoms with Crippen molar-refractivity contribution in [2.24, 2.45) is 7.05 Å². The highest BCUT2D eigenvalue weighted by atomic mass is 32.1. The van der Waals surface area contributed by atoms with Crippen LogP contribution in [-0.2, 0) is 18.3 Å². The molecule has 1 amide bonds. The number of hydrogen-bond acceptors (Lipinski definition) is 3. The van der Waals surface area contributed by atoms with Gasteiger partial charge in [-0.3, -0.25) is 9.36 Å². The summed E-state index contributed by atoms with van der Waals surface area (Å²) in [5.74, 6) is 0.710. The number of aromatic amines is 1. The van der Waals surface area contributed by atoms with E-state index in [2.05, 4.69) is 49.2 Å². The lowest BCUT2D eigenvalue weighted by molar-refractivity contribution is -0.119. The van der Waals surface area contributed by atoms with Gasteiger partial charge in [-0.05, 0) is 31.9 Å². The Morgan fingerprint density at radius 1 is 1.30 bits per heavy atom. The third kappa shape index (κ3) is 5.25. The molecule has 2 N–H and O–H groups in total. The highest BCUT2D eigenvalue weighted by molar-refractivity contribution is 7.71. The van der Waals surface area contributed by atoms with E-state index in [0.717, 1.165) is 5.69 Å². The fourth-order valence-electron chi connectivity index (χ4n) is 1.72. The zero-order valence-electron chi connectivity index (χ0n) is 13.4. The predicted molar refractivity (Wildman–Crippen MR) is 89.8 cm³/mol. The Kier molecular flexibility index (Phi) is 5.04. The molecule has 0 saturated carbocycles.